The third-order valence-electron chi connectivity index (χ3n) is 4.08. The molecule has 9 nitrogen and oxygen atoms in total. The fraction of sp³-hybridized carbons (Fsp3) is 0.158. The first kappa shape index (κ1) is 21.6. The molecule has 2 aromatic carbocycles. The van der Waals surface area contributed by atoms with Crippen molar-refractivity contribution in [2.24, 2.45) is 0 Å². The second kappa shape index (κ2) is 9.11. The summed E-state index contributed by atoms with van der Waals surface area (Å²) >= 11 is 1.34. The molecule has 1 aromatic heterocycles. The first-order valence-electron chi connectivity index (χ1n) is 8.81. The summed E-state index contributed by atoms with van der Waals surface area (Å²) < 4.78 is 26.8. The van der Waals surface area contributed by atoms with Crippen molar-refractivity contribution in [1.82, 2.24) is 15.0 Å². The summed E-state index contributed by atoms with van der Waals surface area (Å²) in [6, 6.07) is 12.5. The van der Waals surface area contributed by atoms with Gasteiger partial charge < -0.3 is 5.32 Å². The number of aromatic nitrogens is 1. The molecule has 3 aromatic rings. The molecule has 0 aliphatic carbocycles. The van der Waals surface area contributed by atoms with Gasteiger partial charge in [-0.2, -0.15) is 0 Å². The molecule has 0 spiro atoms. The number of aryl methyl sites for hydroxylation is 1. The number of nitrogens with zero attached hydrogens (tertiary/aromatic N) is 2. The number of carbonyl (C=O) groups is 1. The predicted molar refractivity (Wildman–Crippen MR) is 113 cm³/mol. The number of thiazole rings is 1. The summed E-state index contributed by atoms with van der Waals surface area (Å²) in [4.78, 5) is 26.5. The van der Waals surface area contributed by atoms with E-state index < -0.39 is 20.9 Å². The van der Waals surface area contributed by atoms with E-state index >= 15 is 0 Å². The lowest BCUT2D eigenvalue weighted by atomic mass is 10.2. The van der Waals surface area contributed by atoms with E-state index in [-0.39, 0.29) is 29.4 Å². The summed E-state index contributed by atoms with van der Waals surface area (Å²) in [5.74, 6) is -0.417. The molecule has 0 bridgehead atoms. The fourth-order valence-corrected chi connectivity index (χ4v) is 4.38. The first-order chi connectivity index (χ1) is 14.3. The van der Waals surface area contributed by atoms with Crippen LogP contribution in [0.1, 0.15) is 16.1 Å². The van der Waals surface area contributed by atoms with Crippen LogP contribution in [0.5, 0.6) is 0 Å². The van der Waals surface area contributed by atoms with Crippen LogP contribution in [0.25, 0.3) is 10.6 Å². The monoisotopic (exact) mass is 446 g/mol. The van der Waals surface area contributed by atoms with E-state index in [4.69, 9.17) is 0 Å². The average molecular weight is 447 g/mol. The van der Waals surface area contributed by atoms with Gasteiger partial charge in [0.1, 0.15) is 10.7 Å². The molecule has 1 heterocycles. The minimum absolute atomic E-state index is 0.0321. The molecule has 0 aliphatic heterocycles. The summed E-state index contributed by atoms with van der Waals surface area (Å²) in [6.07, 6.45) is 0. The summed E-state index contributed by atoms with van der Waals surface area (Å²) in [7, 11) is -3.93. The van der Waals surface area contributed by atoms with E-state index in [1.807, 2.05) is 31.2 Å². The SMILES string of the molecule is Cc1ccc(-c2nc(C(=O)NCCNS(=O)(=O)c3cccc([N+](=O)[O-])c3)cs2)cc1. The zero-order valence-electron chi connectivity index (χ0n) is 15.9. The summed E-state index contributed by atoms with van der Waals surface area (Å²) in [6.45, 7) is 1.94. The molecular weight excluding hydrogens is 428 g/mol. The number of rotatable bonds is 8. The lowest BCUT2D eigenvalue weighted by Crippen LogP contribution is -2.34. The highest BCUT2D eigenvalue weighted by molar-refractivity contribution is 7.89. The van der Waals surface area contributed by atoms with Crippen LogP contribution in [-0.4, -0.2) is 37.3 Å². The average Bonchev–Trinajstić information content (AvgIpc) is 3.22. The lowest BCUT2D eigenvalue weighted by Gasteiger charge is -2.07. The van der Waals surface area contributed by atoms with Gasteiger partial charge in [0, 0.05) is 36.2 Å². The molecule has 0 aliphatic rings. The number of hydrogen-bond acceptors (Lipinski definition) is 7. The molecule has 3 rings (SSSR count). The standard InChI is InChI=1S/C19H18N4O5S2/c1-13-5-7-14(8-6-13)19-22-17(12-29-19)18(24)20-9-10-21-30(27,28)16-4-2-3-15(11-16)23(25)26/h2-8,11-12,21H,9-10H2,1H3,(H,20,24). The molecule has 0 fully saturated rings. The normalized spacial score (nSPS) is 11.2. The highest BCUT2D eigenvalue weighted by Crippen LogP contribution is 2.24. The predicted octanol–water partition coefficient (Wildman–Crippen LogP) is 2.74. The van der Waals surface area contributed by atoms with Gasteiger partial charge in [0.05, 0.1) is 9.82 Å². The smallest absolute Gasteiger partial charge is 0.270 e. The highest BCUT2D eigenvalue weighted by atomic mass is 32.2. The number of benzene rings is 2. The van der Waals surface area contributed by atoms with E-state index in [1.54, 1.807) is 5.38 Å². The highest BCUT2D eigenvalue weighted by Gasteiger charge is 2.17. The van der Waals surface area contributed by atoms with Gasteiger partial charge in [-0.05, 0) is 13.0 Å². The molecule has 0 saturated carbocycles. The van der Waals surface area contributed by atoms with Crippen molar-refractivity contribution in [3.8, 4) is 10.6 Å². The van der Waals surface area contributed by atoms with Crippen LogP contribution >= 0.6 is 11.3 Å². The van der Waals surface area contributed by atoms with Gasteiger partial charge in [0.2, 0.25) is 10.0 Å². The maximum absolute atomic E-state index is 12.2. The van der Waals surface area contributed by atoms with Crippen molar-refractivity contribution in [2.45, 2.75) is 11.8 Å². The van der Waals surface area contributed by atoms with Gasteiger partial charge in [-0.1, -0.05) is 35.9 Å². The maximum Gasteiger partial charge on any atom is 0.270 e. The zero-order valence-corrected chi connectivity index (χ0v) is 17.5. The molecule has 1 amide bonds. The van der Waals surface area contributed by atoms with Crippen LogP contribution in [0, 0.1) is 17.0 Å². The quantitative estimate of drug-likeness (QED) is 0.311. The Hall–Kier alpha value is -3.15. The number of nitro benzene ring substituents is 1. The van der Waals surface area contributed by atoms with Crippen molar-refractivity contribution >= 4 is 33.0 Å². The van der Waals surface area contributed by atoms with Crippen molar-refractivity contribution in [2.75, 3.05) is 13.1 Å². The number of non-ortho nitro benzene ring substituents is 1. The van der Waals surface area contributed by atoms with Gasteiger partial charge >= 0.3 is 0 Å². The molecule has 0 radical (unpaired) electrons. The minimum Gasteiger partial charge on any atom is -0.349 e. The van der Waals surface area contributed by atoms with Crippen molar-refractivity contribution in [1.29, 1.82) is 0 Å². The lowest BCUT2D eigenvalue weighted by molar-refractivity contribution is -0.385. The fourth-order valence-electron chi connectivity index (χ4n) is 2.51. The number of nitrogens with one attached hydrogen (secondary N) is 2. The number of hydrogen-bond donors (Lipinski definition) is 2. The second-order valence-corrected chi connectivity index (χ2v) is 8.94. The van der Waals surface area contributed by atoms with Crippen LogP contribution < -0.4 is 10.0 Å². The molecule has 0 saturated heterocycles. The van der Waals surface area contributed by atoms with Gasteiger partial charge in [-0.3, -0.25) is 14.9 Å². The Morgan fingerprint density at radius 1 is 1.17 bits per heavy atom. The Morgan fingerprint density at radius 3 is 2.60 bits per heavy atom. The third-order valence-corrected chi connectivity index (χ3v) is 6.43. The minimum atomic E-state index is -3.93. The number of carbonyl (C=O) groups excluding carboxylic acids is 1. The molecule has 0 atom stereocenters. The molecule has 156 valence electrons. The van der Waals surface area contributed by atoms with Crippen LogP contribution in [0.3, 0.4) is 0 Å². The number of amides is 1. The topological polar surface area (TPSA) is 131 Å². The Bertz CT molecular complexity index is 1170. The number of nitro groups is 1. The molecule has 2 N–H and O–H groups in total. The summed E-state index contributed by atoms with van der Waals surface area (Å²) in [5.41, 5.74) is 1.96. The van der Waals surface area contributed by atoms with E-state index in [9.17, 15) is 23.3 Å². The first-order valence-corrected chi connectivity index (χ1v) is 11.2. The van der Waals surface area contributed by atoms with Crippen LogP contribution in [0.2, 0.25) is 0 Å². The molecular formula is C19H18N4O5S2. The van der Waals surface area contributed by atoms with Gasteiger partial charge in [0.25, 0.3) is 11.6 Å². The van der Waals surface area contributed by atoms with Gasteiger partial charge in [-0.25, -0.2) is 18.1 Å². The molecule has 11 heteroatoms. The second-order valence-electron chi connectivity index (χ2n) is 6.31. The van der Waals surface area contributed by atoms with E-state index in [2.05, 4.69) is 15.0 Å². The van der Waals surface area contributed by atoms with Crippen LogP contribution in [0.4, 0.5) is 5.69 Å². The van der Waals surface area contributed by atoms with Crippen molar-refractivity contribution in [3.63, 3.8) is 0 Å². The van der Waals surface area contributed by atoms with E-state index in [1.165, 1.54) is 29.5 Å². The maximum atomic E-state index is 12.2. The van der Waals surface area contributed by atoms with Crippen LogP contribution in [0.15, 0.2) is 58.8 Å². The van der Waals surface area contributed by atoms with Crippen molar-refractivity contribution < 1.29 is 18.1 Å². The third kappa shape index (κ3) is 5.26. The Labute approximate surface area is 177 Å². The summed E-state index contributed by atoms with van der Waals surface area (Å²) in [5, 5.41) is 15.7. The van der Waals surface area contributed by atoms with Crippen molar-refractivity contribution in [3.05, 3.63) is 75.3 Å². The zero-order chi connectivity index (χ0) is 21.7. The molecule has 0 unspecified atom stereocenters. The van der Waals surface area contributed by atoms with Gasteiger partial charge in [-0.15, -0.1) is 11.3 Å². The Kier molecular flexibility index (Phi) is 6.55. The number of sulfonamides is 1. The van der Waals surface area contributed by atoms with E-state index in [0.717, 1.165) is 17.2 Å². The molecule has 30 heavy (non-hydrogen) atoms. The largest absolute Gasteiger partial charge is 0.349 e. The Morgan fingerprint density at radius 2 is 1.90 bits per heavy atom. The Balaban J connectivity index is 1.54. The van der Waals surface area contributed by atoms with E-state index in [0.29, 0.717) is 5.01 Å². The van der Waals surface area contributed by atoms with Crippen LogP contribution in [-0.2, 0) is 10.0 Å². The van der Waals surface area contributed by atoms with Gasteiger partial charge in [0.15, 0.2) is 0 Å².